The number of nitrogens with zero attached hydrogens (tertiary/aromatic N) is 1. The van der Waals surface area contributed by atoms with Crippen LogP contribution in [0.2, 0.25) is 0 Å². The van der Waals surface area contributed by atoms with E-state index in [1.165, 1.54) is 7.11 Å². The highest BCUT2D eigenvalue weighted by atomic mass is 19.1. The quantitative estimate of drug-likeness (QED) is 0.857. The number of amides is 1. The minimum Gasteiger partial charge on any atom is -0.453 e. The van der Waals surface area contributed by atoms with Gasteiger partial charge in [0.25, 0.3) is 0 Å². The van der Waals surface area contributed by atoms with E-state index in [4.69, 9.17) is 0 Å². The van der Waals surface area contributed by atoms with E-state index in [2.05, 4.69) is 10.1 Å². The van der Waals surface area contributed by atoms with Gasteiger partial charge in [-0.2, -0.15) is 0 Å². The topological polar surface area (TPSA) is 58.6 Å². The molecule has 7 heteroatoms. The van der Waals surface area contributed by atoms with E-state index < -0.39 is 23.5 Å². The molecule has 1 atom stereocenters. The van der Waals surface area contributed by atoms with Crippen LogP contribution >= 0.6 is 0 Å². The Balaban J connectivity index is 1.90. The number of ether oxygens (including phenoxy) is 1. The van der Waals surface area contributed by atoms with Gasteiger partial charge in [0.2, 0.25) is 0 Å². The molecule has 1 aliphatic heterocycles. The molecule has 1 N–H and O–H groups in total. The molecule has 1 aromatic carbocycles. The van der Waals surface area contributed by atoms with Gasteiger partial charge in [0.05, 0.1) is 19.2 Å². The average Bonchev–Trinajstić information content (AvgIpc) is 2.85. The Bertz CT molecular complexity index is 551. The van der Waals surface area contributed by atoms with Crippen molar-refractivity contribution in [1.29, 1.82) is 0 Å². The fourth-order valence-electron chi connectivity index (χ4n) is 2.32. The zero-order valence-electron chi connectivity index (χ0n) is 11.6. The minimum absolute atomic E-state index is 0.0297. The van der Waals surface area contributed by atoms with Gasteiger partial charge in [-0.25, -0.2) is 13.6 Å². The van der Waals surface area contributed by atoms with Gasteiger partial charge in [0, 0.05) is 25.2 Å². The number of methoxy groups -OCH3 is 1. The van der Waals surface area contributed by atoms with E-state index in [1.807, 2.05) is 4.90 Å². The Hall–Kier alpha value is -2.02. The number of hydrogen-bond acceptors (Lipinski definition) is 4. The number of carbonyl (C=O) groups is 2. The van der Waals surface area contributed by atoms with Gasteiger partial charge in [-0.15, -0.1) is 0 Å². The summed E-state index contributed by atoms with van der Waals surface area (Å²) in [6, 6.07) is 2.80. The minimum atomic E-state index is -0.858. The van der Waals surface area contributed by atoms with Gasteiger partial charge < -0.3 is 10.1 Å². The maximum atomic E-state index is 13.5. The van der Waals surface area contributed by atoms with Crippen molar-refractivity contribution in [2.24, 2.45) is 0 Å². The van der Waals surface area contributed by atoms with Gasteiger partial charge in [0.15, 0.2) is 5.78 Å². The SMILES string of the molecule is COC(=O)NC1CCN(CC(=O)c2ccc(F)cc2F)C1. The molecule has 5 nitrogen and oxygen atoms in total. The molecule has 1 aliphatic rings. The normalized spacial score (nSPS) is 18.5. The molecule has 21 heavy (non-hydrogen) atoms. The monoisotopic (exact) mass is 298 g/mol. The molecule has 1 unspecified atom stereocenters. The number of alkyl carbamates (subject to hydrolysis) is 1. The van der Waals surface area contributed by atoms with Gasteiger partial charge in [-0.3, -0.25) is 9.69 Å². The van der Waals surface area contributed by atoms with Crippen LogP contribution in [0.1, 0.15) is 16.8 Å². The fourth-order valence-corrected chi connectivity index (χ4v) is 2.32. The summed E-state index contributed by atoms with van der Waals surface area (Å²) in [4.78, 5) is 24.9. The van der Waals surface area contributed by atoms with E-state index in [0.717, 1.165) is 12.1 Å². The number of Topliss-reactive ketones (excluding diaryl/α,β-unsaturated/α-hetero) is 1. The maximum absolute atomic E-state index is 13.5. The summed E-state index contributed by atoms with van der Waals surface area (Å²) >= 11 is 0. The molecular formula is C14H16F2N2O3. The number of nitrogens with one attached hydrogen (secondary N) is 1. The van der Waals surface area contributed by atoms with Crippen LogP contribution in [-0.4, -0.2) is 49.6 Å². The van der Waals surface area contributed by atoms with Gasteiger partial charge >= 0.3 is 6.09 Å². The second-order valence-corrected chi connectivity index (χ2v) is 4.90. The lowest BCUT2D eigenvalue weighted by molar-refractivity contribution is 0.0940. The second kappa shape index (κ2) is 6.62. The Kier molecular flexibility index (Phi) is 4.85. The maximum Gasteiger partial charge on any atom is 0.407 e. The highest BCUT2D eigenvalue weighted by molar-refractivity contribution is 5.97. The standard InChI is InChI=1S/C14H16F2N2O3/c1-21-14(20)17-10-4-5-18(7-10)8-13(19)11-3-2-9(15)6-12(11)16/h2-3,6,10H,4-5,7-8H2,1H3,(H,17,20). The number of likely N-dealkylation sites (tertiary alicyclic amines) is 1. The first kappa shape index (κ1) is 15.4. The first-order valence-corrected chi connectivity index (χ1v) is 6.54. The average molecular weight is 298 g/mol. The highest BCUT2D eigenvalue weighted by Crippen LogP contribution is 2.14. The summed E-state index contributed by atoms with van der Waals surface area (Å²) in [6.07, 6.45) is 0.173. The van der Waals surface area contributed by atoms with Crippen molar-refractivity contribution in [1.82, 2.24) is 10.2 Å². The first-order chi connectivity index (χ1) is 9.99. The lowest BCUT2D eigenvalue weighted by Crippen LogP contribution is -2.38. The third-order valence-electron chi connectivity index (χ3n) is 3.38. The Labute approximate surface area is 120 Å². The van der Waals surface area contributed by atoms with Crippen molar-refractivity contribution in [3.63, 3.8) is 0 Å². The van der Waals surface area contributed by atoms with Crippen LogP contribution in [0.25, 0.3) is 0 Å². The van der Waals surface area contributed by atoms with Crippen LogP contribution in [0, 0.1) is 11.6 Å². The Morgan fingerprint density at radius 3 is 2.86 bits per heavy atom. The molecule has 1 aromatic rings. The van der Waals surface area contributed by atoms with Gasteiger partial charge in [0.1, 0.15) is 11.6 Å². The van der Waals surface area contributed by atoms with E-state index in [1.54, 1.807) is 0 Å². The van der Waals surface area contributed by atoms with Crippen molar-refractivity contribution in [3.05, 3.63) is 35.4 Å². The summed E-state index contributed by atoms with van der Waals surface area (Å²) < 4.78 is 30.8. The number of carbonyl (C=O) groups excluding carboxylic acids is 2. The summed E-state index contributed by atoms with van der Waals surface area (Å²) in [7, 11) is 1.28. The molecule has 0 saturated carbocycles. The van der Waals surface area contributed by atoms with Gasteiger partial charge in [-0.1, -0.05) is 0 Å². The number of rotatable bonds is 4. The summed E-state index contributed by atoms with van der Waals surface area (Å²) in [5, 5.41) is 2.65. The molecular weight excluding hydrogens is 282 g/mol. The fraction of sp³-hybridized carbons (Fsp3) is 0.429. The lowest BCUT2D eigenvalue weighted by Gasteiger charge is -2.15. The van der Waals surface area contributed by atoms with E-state index >= 15 is 0 Å². The molecule has 1 fully saturated rings. The van der Waals surface area contributed by atoms with Crippen LogP contribution in [0.5, 0.6) is 0 Å². The van der Waals surface area contributed by atoms with Crippen LogP contribution in [0.15, 0.2) is 18.2 Å². The van der Waals surface area contributed by atoms with Crippen LogP contribution in [0.4, 0.5) is 13.6 Å². The molecule has 0 spiro atoms. The molecule has 114 valence electrons. The Morgan fingerprint density at radius 1 is 1.43 bits per heavy atom. The lowest BCUT2D eigenvalue weighted by atomic mass is 10.1. The molecule has 1 saturated heterocycles. The predicted molar refractivity (Wildman–Crippen MR) is 71.1 cm³/mol. The van der Waals surface area contributed by atoms with Crippen molar-refractivity contribution < 1.29 is 23.1 Å². The zero-order chi connectivity index (χ0) is 15.4. The molecule has 0 radical (unpaired) electrons. The van der Waals surface area contributed by atoms with Crippen LogP contribution in [0.3, 0.4) is 0 Å². The molecule has 0 aliphatic carbocycles. The second-order valence-electron chi connectivity index (χ2n) is 4.90. The number of ketones is 1. The molecule has 0 bridgehead atoms. The van der Waals surface area contributed by atoms with Gasteiger partial charge in [-0.05, 0) is 18.6 Å². The van der Waals surface area contributed by atoms with Crippen LogP contribution in [-0.2, 0) is 4.74 Å². The van der Waals surface area contributed by atoms with Crippen molar-refractivity contribution in [2.45, 2.75) is 12.5 Å². The largest absolute Gasteiger partial charge is 0.453 e. The number of benzene rings is 1. The highest BCUT2D eigenvalue weighted by Gasteiger charge is 2.26. The third-order valence-corrected chi connectivity index (χ3v) is 3.38. The Morgan fingerprint density at radius 2 is 2.19 bits per heavy atom. The third kappa shape index (κ3) is 3.98. The van der Waals surface area contributed by atoms with Crippen molar-refractivity contribution in [3.8, 4) is 0 Å². The smallest absolute Gasteiger partial charge is 0.407 e. The first-order valence-electron chi connectivity index (χ1n) is 6.54. The number of halogens is 2. The van der Waals surface area contributed by atoms with E-state index in [-0.39, 0.29) is 18.2 Å². The van der Waals surface area contributed by atoms with E-state index in [0.29, 0.717) is 25.6 Å². The van der Waals surface area contributed by atoms with E-state index in [9.17, 15) is 18.4 Å². The molecule has 1 amide bonds. The summed E-state index contributed by atoms with van der Waals surface area (Å²) in [6.45, 7) is 1.13. The summed E-state index contributed by atoms with van der Waals surface area (Å²) in [5.41, 5.74) is -0.124. The zero-order valence-corrected chi connectivity index (χ0v) is 11.6. The van der Waals surface area contributed by atoms with Crippen molar-refractivity contribution in [2.75, 3.05) is 26.7 Å². The molecule has 2 rings (SSSR count). The summed E-state index contributed by atoms with van der Waals surface area (Å²) in [5.74, 6) is -1.98. The van der Waals surface area contributed by atoms with Crippen molar-refractivity contribution >= 4 is 11.9 Å². The molecule has 1 heterocycles. The number of hydrogen-bond donors (Lipinski definition) is 1. The molecule has 0 aromatic heterocycles. The predicted octanol–water partition coefficient (Wildman–Crippen LogP) is 1.58. The van der Waals surface area contributed by atoms with Crippen LogP contribution < -0.4 is 5.32 Å².